The zero-order chi connectivity index (χ0) is 20.6. The fraction of sp³-hybridized carbons (Fsp3) is 0.333. The third-order valence-electron chi connectivity index (χ3n) is 4.50. The quantitative estimate of drug-likeness (QED) is 0.648. The number of carbonyl (C=O) groups excluding carboxylic acids is 2. The molecule has 0 aliphatic carbocycles. The van der Waals surface area contributed by atoms with Crippen LogP contribution in [0.2, 0.25) is 5.02 Å². The molecule has 1 atom stereocenters. The van der Waals surface area contributed by atoms with Gasteiger partial charge in [-0.05, 0) is 37.1 Å². The van der Waals surface area contributed by atoms with Gasteiger partial charge in [0.25, 0.3) is 5.91 Å². The van der Waals surface area contributed by atoms with Gasteiger partial charge in [0.15, 0.2) is 0 Å². The molecule has 3 rings (SSSR count). The van der Waals surface area contributed by atoms with Crippen LogP contribution in [-0.2, 0) is 15.3 Å². The van der Waals surface area contributed by atoms with Gasteiger partial charge in [-0.15, -0.1) is 11.8 Å². The van der Waals surface area contributed by atoms with Gasteiger partial charge in [-0.25, -0.2) is 4.39 Å². The monoisotopic (exact) mass is 436 g/mol. The Morgan fingerprint density at radius 2 is 2.03 bits per heavy atom. The summed E-state index contributed by atoms with van der Waals surface area (Å²) in [6.45, 7) is 1.17. The van der Waals surface area contributed by atoms with Crippen LogP contribution in [0.4, 0.5) is 10.1 Å². The minimum absolute atomic E-state index is 0.0438. The van der Waals surface area contributed by atoms with E-state index < -0.39 is 5.82 Å². The van der Waals surface area contributed by atoms with Crippen molar-refractivity contribution >= 4 is 40.9 Å². The Hall–Kier alpha value is -2.09. The van der Waals surface area contributed by atoms with Gasteiger partial charge in [-0.3, -0.25) is 9.59 Å². The second kappa shape index (κ2) is 10.6. The first-order valence-corrected chi connectivity index (χ1v) is 10.9. The number of nitrogens with one attached hydrogen (secondary N) is 2. The molecule has 29 heavy (non-hydrogen) atoms. The van der Waals surface area contributed by atoms with Crippen LogP contribution in [0.15, 0.2) is 42.5 Å². The normalized spacial score (nSPS) is 15.9. The number of carbonyl (C=O) groups is 2. The molecule has 2 N–H and O–H groups in total. The second-order valence-corrected chi connectivity index (χ2v) is 8.02. The van der Waals surface area contributed by atoms with E-state index in [-0.39, 0.29) is 29.4 Å². The maximum atomic E-state index is 13.8. The molecule has 8 heteroatoms. The number of halogens is 2. The molecule has 0 bridgehead atoms. The van der Waals surface area contributed by atoms with E-state index in [0.717, 1.165) is 19.4 Å². The van der Waals surface area contributed by atoms with Crippen LogP contribution >= 0.6 is 23.4 Å². The minimum atomic E-state index is -0.390. The molecule has 154 valence electrons. The first-order valence-electron chi connectivity index (χ1n) is 9.34. The van der Waals surface area contributed by atoms with Gasteiger partial charge in [0, 0.05) is 29.5 Å². The van der Waals surface area contributed by atoms with Crippen LogP contribution < -0.4 is 10.6 Å². The maximum absolute atomic E-state index is 13.8. The van der Waals surface area contributed by atoms with E-state index in [1.54, 1.807) is 36.4 Å². The number of anilines is 1. The first-order chi connectivity index (χ1) is 14.0. The van der Waals surface area contributed by atoms with E-state index in [2.05, 4.69) is 10.6 Å². The summed E-state index contributed by atoms with van der Waals surface area (Å²) in [6.07, 6.45) is 1.98. The Morgan fingerprint density at radius 3 is 2.79 bits per heavy atom. The summed E-state index contributed by atoms with van der Waals surface area (Å²) in [7, 11) is 0. The number of amides is 2. The average molecular weight is 437 g/mol. The molecule has 0 aromatic heterocycles. The lowest BCUT2D eigenvalue weighted by Crippen LogP contribution is -2.32. The van der Waals surface area contributed by atoms with Gasteiger partial charge in [0.1, 0.15) is 5.82 Å². The van der Waals surface area contributed by atoms with E-state index in [1.807, 2.05) is 0 Å². The Labute approximate surface area is 178 Å². The van der Waals surface area contributed by atoms with E-state index in [0.29, 0.717) is 28.4 Å². The van der Waals surface area contributed by atoms with Gasteiger partial charge in [0.05, 0.1) is 23.1 Å². The number of hydrogen-bond acceptors (Lipinski definition) is 4. The summed E-state index contributed by atoms with van der Waals surface area (Å²) in [5, 5.41) is 5.95. The van der Waals surface area contributed by atoms with Crippen LogP contribution in [0.3, 0.4) is 0 Å². The van der Waals surface area contributed by atoms with Crippen molar-refractivity contribution in [2.75, 3.05) is 24.2 Å². The van der Waals surface area contributed by atoms with Crippen LogP contribution in [0, 0.1) is 5.82 Å². The van der Waals surface area contributed by atoms with Gasteiger partial charge in [-0.2, -0.15) is 0 Å². The third kappa shape index (κ3) is 6.19. The summed E-state index contributed by atoms with van der Waals surface area (Å²) >= 11 is 7.25. The molecule has 0 spiro atoms. The van der Waals surface area contributed by atoms with Crippen LogP contribution in [0.25, 0.3) is 0 Å². The highest BCUT2D eigenvalue weighted by Crippen LogP contribution is 2.24. The van der Waals surface area contributed by atoms with Gasteiger partial charge in [0.2, 0.25) is 5.91 Å². The summed E-state index contributed by atoms with van der Waals surface area (Å²) in [4.78, 5) is 24.8. The van der Waals surface area contributed by atoms with Gasteiger partial charge >= 0.3 is 0 Å². The molecule has 1 heterocycles. The van der Waals surface area contributed by atoms with Crippen molar-refractivity contribution in [2.24, 2.45) is 0 Å². The molecule has 2 aromatic carbocycles. The Morgan fingerprint density at radius 1 is 1.21 bits per heavy atom. The lowest BCUT2D eigenvalue weighted by molar-refractivity contribution is -0.113. The van der Waals surface area contributed by atoms with Crippen molar-refractivity contribution in [3.63, 3.8) is 0 Å². The highest BCUT2D eigenvalue weighted by molar-refractivity contribution is 7.99. The predicted molar refractivity (Wildman–Crippen MR) is 114 cm³/mol. The molecule has 0 unspecified atom stereocenters. The minimum Gasteiger partial charge on any atom is -0.376 e. The van der Waals surface area contributed by atoms with Crippen molar-refractivity contribution < 1.29 is 18.7 Å². The van der Waals surface area contributed by atoms with Gasteiger partial charge < -0.3 is 15.4 Å². The van der Waals surface area contributed by atoms with Crippen molar-refractivity contribution in [1.29, 1.82) is 0 Å². The van der Waals surface area contributed by atoms with Crippen LogP contribution in [-0.4, -0.2) is 36.8 Å². The molecule has 0 radical (unpaired) electrons. The SMILES string of the molecule is O=C(CSCc1c(F)cccc1Cl)Nc1ccccc1C(=O)NC[C@H]1CCCO1. The maximum Gasteiger partial charge on any atom is 0.253 e. The predicted octanol–water partition coefficient (Wildman–Crippen LogP) is 4.26. The summed E-state index contributed by atoms with van der Waals surface area (Å²) in [5.74, 6) is -0.540. The highest BCUT2D eigenvalue weighted by Gasteiger charge is 2.18. The number of ether oxygens (including phenoxy) is 1. The number of benzene rings is 2. The van der Waals surface area contributed by atoms with Crippen LogP contribution in [0.5, 0.6) is 0 Å². The zero-order valence-corrected chi connectivity index (χ0v) is 17.3. The van der Waals surface area contributed by atoms with E-state index in [9.17, 15) is 14.0 Å². The van der Waals surface area contributed by atoms with Crippen LogP contribution in [0.1, 0.15) is 28.8 Å². The summed E-state index contributed by atoms with van der Waals surface area (Å²) in [6, 6.07) is 11.3. The standard InChI is InChI=1S/C21H22ClFN2O3S/c22-17-7-3-8-18(23)16(17)12-29-13-20(26)25-19-9-2-1-6-15(19)21(27)24-11-14-5-4-10-28-14/h1-3,6-9,14H,4-5,10-13H2,(H,24,27)(H,25,26)/t14-/m1/s1. The topological polar surface area (TPSA) is 67.4 Å². The van der Waals surface area contributed by atoms with E-state index >= 15 is 0 Å². The number of hydrogen-bond donors (Lipinski definition) is 2. The zero-order valence-electron chi connectivity index (χ0n) is 15.8. The molecule has 1 fully saturated rings. The summed E-state index contributed by atoms with van der Waals surface area (Å²) in [5.41, 5.74) is 1.20. The molecule has 1 aliphatic heterocycles. The molecule has 0 saturated carbocycles. The smallest absolute Gasteiger partial charge is 0.253 e. The van der Waals surface area contributed by atoms with Crippen molar-refractivity contribution in [1.82, 2.24) is 5.32 Å². The van der Waals surface area contributed by atoms with E-state index in [4.69, 9.17) is 16.3 Å². The van der Waals surface area contributed by atoms with Crippen molar-refractivity contribution in [3.8, 4) is 0 Å². The third-order valence-corrected chi connectivity index (χ3v) is 5.81. The number of rotatable bonds is 8. The number of para-hydroxylation sites is 1. The lowest BCUT2D eigenvalue weighted by atomic mass is 10.1. The van der Waals surface area contributed by atoms with Crippen molar-refractivity contribution in [3.05, 3.63) is 64.4 Å². The molecular weight excluding hydrogens is 415 g/mol. The van der Waals surface area contributed by atoms with Gasteiger partial charge in [-0.1, -0.05) is 29.8 Å². The Kier molecular flexibility index (Phi) is 7.91. The molecule has 5 nitrogen and oxygen atoms in total. The number of thioether (sulfide) groups is 1. The summed E-state index contributed by atoms with van der Waals surface area (Å²) < 4.78 is 19.3. The molecule has 1 saturated heterocycles. The van der Waals surface area contributed by atoms with E-state index in [1.165, 1.54) is 17.8 Å². The Bertz CT molecular complexity index is 855. The highest BCUT2D eigenvalue weighted by atomic mass is 35.5. The largest absolute Gasteiger partial charge is 0.376 e. The fourth-order valence-corrected chi connectivity index (χ4v) is 4.17. The molecule has 2 amide bonds. The molecule has 2 aromatic rings. The second-order valence-electron chi connectivity index (χ2n) is 6.63. The first kappa shape index (κ1) is 21.6. The molecule has 1 aliphatic rings. The average Bonchev–Trinajstić information content (AvgIpc) is 3.22. The van der Waals surface area contributed by atoms with Crippen molar-refractivity contribution in [2.45, 2.75) is 24.7 Å². The lowest BCUT2D eigenvalue weighted by Gasteiger charge is -2.14. The molecular formula is C21H22ClFN2O3S. The fourth-order valence-electron chi connectivity index (χ4n) is 3.00. The Balaban J connectivity index is 1.52.